The maximum atomic E-state index is 8.64. The van der Waals surface area contributed by atoms with Crippen molar-refractivity contribution < 1.29 is 74.9 Å². The van der Waals surface area contributed by atoms with Gasteiger partial charge in [0.2, 0.25) is 0 Å². The number of rotatable bonds is 0. The molecule has 0 spiro atoms. The van der Waals surface area contributed by atoms with Crippen molar-refractivity contribution in [2.75, 3.05) is 0 Å². The van der Waals surface area contributed by atoms with E-state index in [0.29, 0.717) is 0 Å². The van der Waals surface area contributed by atoms with Gasteiger partial charge in [0, 0.05) is 0 Å². The molecule has 0 saturated carbocycles. The summed E-state index contributed by atoms with van der Waals surface area (Å²) in [5.74, 6) is 0. The van der Waals surface area contributed by atoms with Crippen LogP contribution in [0.15, 0.2) is 0 Å². The Bertz CT molecular complexity index is 177. The Kier molecular flexibility index (Phi) is 12.8. The molecule has 8 heavy (non-hydrogen) atoms. The third-order valence-corrected chi connectivity index (χ3v) is 0. The van der Waals surface area contributed by atoms with Crippen LogP contribution in [0.3, 0.4) is 0 Å². The van der Waals surface area contributed by atoms with Crippen LogP contribution in [-0.2, 0) is 7.29 Å². The van der Waals surface area contributed by atoms with Crippen LogP contribution < -0.4 is 0 Å². The van der Waals surface area contributed by atoms with Crippen LogP contribution in [0, 0.1) is 67.6 Å². The third-order valence-electron chi connectivity index (χ3n) is 0. The van der Waals surface area contributed by atoms with Crippen LogP contribution in [-0.4, -0.2) is 0 Å². The molecule has 0 bridgehead atoms. The van der Waals surface area contributed by atoms with Crippen molar-refractivity contribution in [2.24, 2.45) is 0 Å². The van der Waals surface area contributed by atoms with E-state index < -0.39 is 67.6 Å². The first-order valence-corrected chi connectivity index (χ1v) is 7.98. The summed E-state index contributed by atoms with van der Waals surface area (Å²) < 4.78 is 51.6. The molecule has 0 heterocycles. The maximum absolute atomic E-state index is 8.64. The molecule has 0 aliphatic heterocycles. The van der Waals surface area contributed by atoms with Crippen molar-refractivity contribution in [2.45, 2.75) is 0 Å². The average Bonchev–Trinajstić information content (AvgIpc) is 1.25. The summed E-state index contributed by atoms with van der Waals surface area (Å²) in [6.07, 6.45) is 0. The summed E-state index contributed by atoms with van der Waals surface area (Å²) in [5, 5.41) is 0. The topological polar surface area (TPSA) is 102 Å². The van der Waals surface area contributed by atoms with Gasteiger partial charge in [0.25, 0.3) is 0 Å². The van der Waals surface area contributed by atoms with Crippen LogP contribution >= 0.6 is 0 Å². The fourth-order valence-electron chi connectivity index (χ4n) is 0. The molecule has 0 saturated heterocycles. The van der Waals surface area contributed by atoms with E-state index in [4.69, 9.17) is 7.29 Å². The summed E-state index contributed by atoms with van der Waals surface area (Å²) in [7, 11) is 0. The molecule has 0 atom stereocenters. The van der Waals surface area contributed by atoms with Crippen LogP contribution in [0.1, 0.15) is 0 Å². The second-order valence-corrected chi connectivity index (χ2v) is 3.26. The predicted molar refractivity (Wildman–Crippen MR) is 4.12 cm³/mol. The summed E-state index contributed by atoms with van der Waals surface area (Å²) in [6.45, 7) is 0. The summed E-state index contributed by atoms with van der Waals surface area (Å²) >= 11 is -8.43. The van der Waals surface area contributed by atoms with E-state index in [1.165, 1.54) is 0 Å². The molecule has 0 aliphatic rings. The first kappa shape index (κ1) is 12.1. The fourth-order valence-corrected chi connectivity index (χ4v) is 0. The van der Waals surface area contributed by atoms with Gasteiger partial charge >= 0.3 is 74.9 Å². The average molecular weight is 402 g/mol. The molecule has 0 aromatic heterocycles. The molecule has 0 aromatic carbocycles. The van der Waals surface area contributed by atoms with Crippen molar-refractivity contribution in [1.82, 2.24) is 0 Å². The molecule has 0 unspecified atom stereocenters. The van der Waals surface area contributed by atoms with Gasteiger partial charge in [-0.3, -0.25) is 0 Å². The Labute approximate surface area is 72.8 Å². The van der Waals surface area contributed by atoms with Gasteiger partial charge in [-0.2, -0.15) is 0 Å². The van der Waals surface area contributed by atoms with Gasteiger partial charge in [-0.25, -0.2) is 0 Å². The minimum atomic E-state index is -4.47. The van der Waals surface area contributed by atoms with E-state index in [1.807, 2.05) is 0 Å². The molecule has 0 fully saturated rings. The molecule has 0 aliphatic carbocycles. The molecule has 0 rings (SSSR count). The van der Waals surface area contributed by atoms with E-state index in [9.17, 15) is 0 Å². The standard InChI is InChI=1S/Ho.6O.Pr. The third kappa shape index (κ3) is 151. The molecule has 8 heteroatoms. The fraction of sp³-hybridized carbons (Fsp3) is 0. The van der Waals surface area contributed by atoms with Gasteiger partial charge in [-0.1, -0.05) is 0 Å². The Morgan fingerprint density at radius 2 is 0.875 bits per heavy atom. The molecule has 50 valence electrons. The van der Waals surface area contributed by atoms with E-state index in [0.717, 1.165) is 0 Å². The first-order valence-electron chi connectivity index (χ1n) is 1.08. The van der Waals surface area contributed by atoms with Crippen LogP contribution in [0.5, 0.6) is 0 Å². The monoisotopic (exact) mass is 402 g/mol. The van der Waals surface area contributed by atoms with Crippen molar-refractivity contribution in [1.29, 1.82) is 0 Å². The molecule has 0 amide bonds. The zero-order valence-corrected chi connectivity index (χ0v) is 8.97. The SMILES string of the molecule is [O]=[Ho](=[O])=[O].[O]=[Pr](=[O])=[O]. The molecular formula is HoO6Pr. The number of hydrogen-bond donors (Lipinski definition) is 0. The predicted octanol–water partition coefficient (Wildman–Crippen LogP) is -0.713. The minimum absolute atomic E-state index is 3.95. The normalized spacial score (nSPS) is 7.12. The molecule has 0 aromatic rings. The summed E-state index contributed by atoms with van der Waals surface area (Å²) in [6, 6.07) is 0. The van der Waals surface area contributed by atoms with Gasteiger partial charge in [0.1, 0.15) is 0 Å². The van der Waals surface area contributed by atoms with Crippen molar-refractivity contribution in [3.05, 3.63) is 0 Å². The second kappa shape index (κ2) is 8.42. The number of hydrogen-bond acceptors (Lipinski definition) is 6. The van der Waals surface area contributed by atoms with Crippen molar-refractivity contribution >= 4 is 0 Å². The van der Waals surface area contributed by atoms with Gasteiger partial charge < -0.3 is 0 Å². The zero-order chi connectivity index (χ0) is 7.15. The quantitative estimate of drug-likeness (QED) is 0.497. The molecule has 6 nitrogen and oxygen atoms in total. The Hall–Kier alpha value is 1.42. The second-order valence-electron chi connectivity index (χ2n) is 0.439. The Morgan fingerprint density at radius 1 is 0.875 bits per heavy atom. The zero-order valence-electron chi connectivity index (χ0n) is 3.33. The summed E-state index contributed by atoms with van der Waals surface area (Å²) in [4.78, 5) is 0. The Balaban J connectivity index is 0. The van der Waals surface area contributed by atoms with Crippen LogP contribution in [0.4, 0.5) is 0 Å². The van der Waals surface area contributed by atoms with Gasteiger partial charge in [-0.15, -0.1) is 0 Å². The summed E-state index contributed by atoms with van der Waals surface area (Å²) in [5.41, 5.74) is 0. The van der Waals surface area contributed by atoms with E-state index in [2.05, 4.69) is 0 Å². The molecular weight excluding hydrogens is 402 g/mol. The van der Waals surface area contributed by atoms with E-state index >= 15 is 0 Å². The van der Waals surface area contributed by atoms with Gasteiger partial charge in [0.15, 0.2) is 0 Å². The van der Waals surface area contributed by atoms with Crippen molar-refractivity contribution in [3.8, 4) is 0 Å². The van der Waals surface area contributed by atoms with E-state index in [-0.39, 0.29) is 0 Å². The van der Waals surface area contributed by atoms with E-state index in [1.54, 1.807) is 0 Å². The molecule has 0 N–H and O–H groups in total. The van der Waals surface area contributed by atoms with Crippen molar-refractivity contribution in [3.63, 3.8) is 0 Å². The molecule has 0 radical (unpaired) electrons. The van der Waals surface area contributed by atoms with Gasteiger partial charge in [-0.05, 0) is 0 Å². The van der Waals surface area contributed by atoms with Crippen LogP contribution in [0.25, 0.3) is 0 Å². The van der Waals surface area contributed by atoms with Gasteiger partial charge in [0.05, 0.1) is 0 Å². The Morgan fingerprint density at radius 3 is 0.875 bits per heavy atom. The first-order chi connectivity index (χ1) is 3.46. The van der Waals surface area contributed by atoms with Crippen LogP contribution in [0.2, 0.25) is 0 Å².